The fourth-order valence-corrected chi connectivity index (χ4v) is 2.40. The Balaban J connectivity index is 3.19. The lowest BCUT2D eigenvalue weighted by molar-refractivity contribution is 0.426. The SMILES string of the molecule is CCC1=NS(=O)(=O)OC(Cl)=C1CC. The minimum Gasteiger partial charge on any atom is -0.352 e. The highest BCUT2D eigenvalue weighted by atomic mass is 35.5. The Hall–Kier alpha value is -0.550. The van der Waals surface area contributed by atoms with Crippen LogP contribution in [-0.4, -0.2) is 14.1 Å². The Morgan fingerprint density at radius 2 is 2.00 bits per heavy atom. The molecule has 0 aromatic rings. The van der Waals surface area contributed by atoms with Crippen LogP contribution >= 0.6 is 11.6 Å². The van der Waals surface area contributed by atoms with E-state index < -0.39 is 10.3 Å². The number of nitrogens with zero attached hydrogens (tertiary/aromatic N) is 1. The summed E-state index contributed by atoms with van der Waals surface area (Å²) < 4.78 is 29.8. The summed E-state index contributed by atoms with van der Waals surface area (Å²) in [4.78, 5) is 0. The van der Waals surface area contributed by atoms with Crippen LogP contribution in [0.1, 0.15) is 26.7 Å². The molecular weight excluding hydrogens is 214 g/mol. The normalized spacial score (nSPS) is 21.0. The van der Waals surface area contributed by atoms with Crippen molar-refractivity contribution in [2.45, 2.75) is 26.7 Å². The van der Waals surface area contributed by atoms with Gasteiger partial charge in [-0.25, -0.2) is 0 Å². The van der Waals surface area contributed by atoms with Gasteiger partial charge in [0.1, 0.15) is 0 Å². The van der Waals surface area contributed by atoms with Gasteiger partial charge in [-0.3, -0.25) is 0 Å². The highest BCUT2D eigenvalue weighted by Gasteiger charge is 2.24. The summed E-state index contributed by atoms with van der Waals surface area (Å²) in [6.45, 7) is 3.68. The van der Waals surface area contributed by atoms with E-state index in [1.807, 2.05) is 13.8 Å². The molecule has 0 fully saturated rings. The molecule has 0 atom stereocenters. The molecule has 4 nitrogen and oxygen atoms in total. The number of hydrogen-bond donors (Lipinski definition) is 0. The first-order valence-electron chi connectivity index (χ1n) is 3.92. The zero-order chi connectivity index (χ0) is 10.1. The molecule has 0 radical (unpaired) electrons. The highest BCUT2D eigenvalue weighted by molar-refractivity contribution is 7.85. The second-order valence-corrected chi connectivity index (χ2v) is 4.06. The van der Waals surface area contributed by atoms with Crippen molar-refractivity contribution < 1.29 is 12.6 Å². The van der Waals surface area contributed by atoms with Gasteiger partial charge in [0.15, 0.2) is 0 Å². The molecule has 1 aliphatic heterocycles. The Kier molecular flexibility index (Phi) is 2.98. The van der Waals surface area contributed by atoms with Crippen molar-refractivity contribution >= 4 is 27.6 Å². The third kappa shape index (κ3) is 2.22. The lowest BCUT2D eigenvalue weighted by Crippen LogP contribution is -2.15. The van der Waals surface area contributed by atoms with Crippen LogP contribution in [0.15, 0.2) is 15.2 Å². The molecule has 0 saturated carbocycles. The molecule has 0 aromatic carbocycles. The minimum atomic E-state index is -3.84. The van der Waals surface area contributed by atoms with Crippen LogP contribution in [0, 0.1) is 0 Å². The maximum atomic E-state index is 11.0. The zero-order valence-corrected chi connectivity index (χ0v) is 8.94. The Morgan fingerprint density at radius 3 is 2.46 bits per heavy atom. The lowest BCUT2D eigenvalue weighted by Gasteiger charge is -2.14. The molecule has 0 spiro atoms. The van der Waals surface area contributed by atoms with Crippen LogP contribution in [-0.2, 0) is 14.5 Å². The fraction of sp³-hybridized carbons (Fsp3) is 0.571. The molecule has 1 rings (SSSR count). The van der Waals surface area contributed by atoms with E-state index >= 15 is 0 Å². The van der Waals surface area contributed by atoms with Gasteiger partial charge in [0.25, 0.3) is 0 Å². The molecule has 0 bridgehead atoms. The van der Waals surface area contributed by atoms with Gasteiger partial charge in [0.2, 0.25) is 5.22 Å². The summed E-state index contributed by atoms with van der Waals surface area (Å²) >= 11 is 5.64. The maximum absolute atomic E-state index is 11.0. The van der Waals surface area contributed by atoms with Crippen molar-refractivity contribution in [2.24, 2.45) is 4.40 Å². The van der Waals surface area contributed by atoms with Gasteiger partial charge in [-0.05, 0) is 24.4 Å². The van der Waals surface area contributed by atoms with E-state index in [1.165, 1.54) is 0 Å². The molecule has 0 N–H and O–H groups in total. The number of rotatable bonds is 2. The first kappa shape index (κ1) is 10.5. The van der Waals surface area contributed by atoms with Crippen LogP contribution in [0.5, 0.6) is 0 Å². The van der Waals surface area contributed by atoms with Gasteiger partial charge in [0, 0.05) is 5.57 Å². The lowest BCUT2D eigenvalue weighted by atomic mass is 10.1. The van der Waals surface area contributed by atoms with Gasteiger partial charge < -0.3 is 4.18 Å². The van der Waals surface area contributed by atoms with Crippen molar-refractivity contribution in [3.05, 3.63) is 10.8 Å². The fourth-order valence-electron chi connectivity index (χ4n) is 1.09. The van der Waals surface area contributed by atoms with E-state index in [2.05, 4.69) is 8.58 Å². The maximum Gasteiger partial charge on any atom is 0.429 e. The van der Waals surface area contributed by atoms with Crippen LogP contribution in [0.2, 0.25) is 0 Å². The van der Waals surface area contributed by atoms with E-state index in [-0.39, 0.29) is 5.22 Å². The number of halogens is 1. The van der Waals surface area contributed by atoms with Crippen molar-refractivity contribution in [2.75, 3.05) is 0 Å². The molecule has 6 heteroatoms. The second kappa shape index (κ2) is 3.67. The average molecular weight is 224 g/mol. The van der Waals surface area contributed by atoms with Crippen molar-refractivity contribution in [3.8, 4) is 0 Å². The van der Waals surface area contributed by atoms with Crippen molar-refractivity contribution in [1.82, 2.24) is 0 Å². The summed E-state index contributed by atoms with van der Waals surface area (Å²) in [6.07, 6.45) is 1.14. The average Bonchev–Trinajstić information content (AvgIpc) is 2.01. The standard InChI is InChI=1S/C7H10ClNO3S/c1-3-5-6(4-2)9-13(10,11)12-7(5)8/h3-4H2,1-2H3. The largest absolute Gasteiger partial charge is 0.429 e. The molecule has 0 saturated heterocycles. The third-order valence-electron chi connectivity index (χ3n) is 1.67. The van der Waals surface area contributed by atoms with E-state index in [1.54, 1.807) is 0 Å². The summed E-state index contributed by atoms with van der Waals surface area (Å²) in [5, 5.41) is -0.0747. The van der Waals surface area contributed by atoms with Crippen molar-refractivity contribution in [1.29, 1.82) is 0 Å². The first-order chi connectivity index (χ1) is 6.00. The predicted molar refractivity (Wildman–Crippen MR) is 50.9 cm³/mol. The summed E-state index contributed by atoms with van der Waals surface area (Å²) in [6, 6.07) is 0. The van der Waals surface area contributed by atoms with Crippen LogP contribution in [0.3, 0.4) is 0 Å². The Bertz CT molecular complexity index is 369. The van der Waals surface area contributed by atoms with Gasteiger partial charge in [-0.1, -0.05) is 13.8 Å². The van der Waals surface area contributed by atoms with Crippen LogP contribution in [0.25, 0.3) is 0 Å². The van der Waals surface area contributed by atoms with E-state index in [0.29, 0.717) is 24.1 Å². The van der Waals surface area contributed by atoms with Gasteiger partial charge in [-0.15, -0.1) is 4.40 Å². The second-order valence-electron chi connectivity index (χ2n) is 2.51. The van der Waals surface area contributed by atoms with E-state index in [0.717, 1.165) is 0 Å². The van der Waals surface area contributed by atoms with E-state index in [9.17, 15) is 8.42 Å². The first-order valence-corrected chi connectivity index (χ1v) is 5.66. The monoisotopic (exact) mass is 223 g/mol. The van der Waals surface area contributed by atoms with Gasteiger partial charge in [0.05, 0.1) is 5.71 Å². The minimum absolute atomic E-state index is 0.0747. The zero-order valence-electron chi connectivity index (χ0n) is 7.37. The molecule has 1 aliphatic rings. The smallest absolute Gasteiger partial charge is 0.352 e. The van der Waals surface area contributed by atoms with Gasteiger partial charge >= 0.3 is 10.3 Å². The van der Waals surface area contributed by atoms with E-state index in [4.69, 9.17) is 11.6 Å². The Labute approximate surface area is 82.5 Å². The molecule has 13 heavy (non-hydrogen) atoms. The highest BCUT2D eigenvalue weighted by Crippen LogP contribution is 2.25. The molecular formula is C7H10ClNO3S. The Morgan fingerprint density at radius 1 is 1.38 bits per heavy atom. The molecule has 0 aliphatic carbocycles. The molecule has 74 valence electrons. The third-order valence-corrected chi connectivity index (χ3v) is 2.89. The summed E-state index contributed by atoms with van der Waals surface area (Å²) in [5.74, 6) is 0. The summed E-state index contributed by atoms with van der Waals surface area (Å²) in [7, 11) is -3.84. The number of allylic oxidation sites excluding steroid dienone is 1. The quantitative estimate of drug-likeness (QED) is 0.719. The summed E-state index contributed by atoms with van der Waals surface area (Å²) in [5.41, 5.74) is 1.15. The van der Waals surface area contributed by atoms with Crippen LogP contribution in [0.4, 0.5) is 0 Å². The number of hydrogen-bond acceptors (Lipinski definition) is 3. The molecule has 1 heterocycles. The van der Waals surface area contributed by atoms with Crippen molar-refractivity contribution in [3.63, 3.8) is 0 Å². The predicted octanol–water partition coefficient (Wildman–Crippen LogP) is 1.97. The van der Waals surface area contributed by atoms with Gasteiger partial charge in [-0.2, -0.15) is 8.42 Å². The molecule has 0 amide bonds. The van der Waals surface area contributed by atoms with Crippen LogP contribution < -0.4 is 0 Å². The molecule has 0 unspecified atom stereocenters. The molecule has 0 aromatic heterocycles. The topological polar surface area (TPSA) is 55.7 Å².